The van der Waals surface area contributed by atoms with Crippen molar-refractivity contribution in [3.63, 3.8) is 0 Å². The lowest BCUT2D eigenvalue weighted by Crippen LogP contribution is -2.21. The van der Waals surface area contributed by atoms with Crippen LogP contribution in [0.5, 0.6) is 0 Å². The van der Waals surface area contributed by atoms with E-state index in [-0.39, 0.29) is 0 Å². The largest absolute Gasteiger partial charge is 0.473 e. The molecule has 3 atom stereocenters. The van der Waals surface area contributed by atoms with Gasteiger partial charge in [0.15, 0.2) is 5.82 Å². The fraction of sp³-hybridized carbons (Fsp3) is 0.368. The van der Waals surface area contributed by atoms with E-state index in [0.29, 0.717) is 5.92 Å². The molecule has 3 unspecified atom stereocenters. The second-order valence-electron chi connectivity index (χ2n) is 7.15. The number of aryl methyl sites for hydroxylation is 1. The summed E-state index contributed by atoms with van der Waals surface area (Å²) in [6.45, 7) is 3.71. The molecule has 0 saturated carbocycles. The molecule has 2 N–H and O–H groups in total. The summed E-state index contributed by atoms with van der Waals surface area (Å²) >= 11 is 1.60. The summed E-state index contributed by atoms with van der Waals surface area (Å²) in [7, 11) is 2.09. The van der Waals surface area contributed by atoms with Gasteiger partial charge in [0.05, 0.1) is 0 Å². The van der Waals surface area contributed by atoms with Crippen LogP contribution in [0.3, 0.4) is 0 Å². The zero-order valence-corrected chi connectivity index (χ0v) is 16.1. The number of fused-ring (bicyclic) bond motifs is 3. The highest BCUT2D eigenvalue weighted by atomic mass is 32.1. The summed E-state index contributed by atoms with van der Waals surface area (Å²) in [5.41, 5.74) is 2.39. The summed E-state index contributed by atoms with van der Waals surface area (Å²) < 4.78 is 6.84. The topological polar surface area (TPSA) is 109 Å². The third-order valence-electron chi connectivity index (χ3n) is 5.41. The van der Waals surface area contributed by atoms with Crippen molar-refractivity contribution in [1.82, 2.24) is 18.8 Å². The molecule has 2 aliphatic heterocycles. The summed E-state index contributed by atoms with van der Waals surface area (Å²) in [5, 5.41) is 17.3. The maximum Gasteiger partial charge on any atom is 0.414 e. The van der Waals surface area contributed by atoms with E-state index >= 15 is 0 Å². The highest BCUT2D eigenvalue weighted by Gasteiger charge is 2.40. The number of para-hydroxylation sites is 1. The number of piperidine rings is 1. The van der Waals surface area contributed by atoms with Gasteiger partial charge < -0.3 is 19.7 Å². The Morgan fingerprint density at radius 2 is 1.93 bits per heavy atom. The van der Waals surface area contributed by atoms with Gasteiger partial charge in [-0.15, -0.1) is 0 Å². The highest BCUT2D eigenvalue weighted by Crippen LogP contribution is 2.41. The molecule has 9 heteroatoms. The van der Waals surface area contributed by atoms with Gasteiger partial charge in [0, 0.05) is 48.7 Å². The molecule has 0 aliphatic carbocycles. The number of benzene rings is 1. The van der Waals surface area contributed by atoms with Gasteiger partial charge in [0.1, 0.15) is 5.01 Å². The number of carbonyl (C=O) groups is 2. The van der Waals surface area contributed by atoms with Gasteiger partial charge in [0.2, 0.25) is 0 Å². The van der Waals surface area contributed by atoms with Gasteiger partial charge in [-0.3, -0.25) is 0 Å². The fourth-order valence-corrected chi connectivity index (χ4v) is 4.93. The van der Waals surface area contributed by atoms with Crippen LogP contribution in [0.2, 0.25) is 0 Å². The van der Waals surface area contributed by atoms with Gasteiger partial charge in [-0.05, 0) is 36.5 Å². The SMILES string of the molecule is Cn1cc(-c2nsc(C3CN4CCC3C4)n2)c2ccccc21.O=C(O)C(=O)O. The van der Waals surface area contributed by atoms with E-state index in [2.05, 4.69) is 51.4 Å². The number of nitrogens with zero attached hydrogens (tertiary/aromatic N) is 4. The maximum absolute atomic E-state index is 9.10. The molecule has 5 rings (SSSR count). The van der Waals surface area contributed by atoms with Gasteiger partial charge in [0.25, 0.3) is 0 Å². The van der Waals surface area contributed by atoms with Crippen LogP contribution >= 0.6 is 11.5 Å². The van der Waals surface area contributed by atoms with Gasteiger partial charge >= 0.3 is 11.9 Å². The zero-order valence-electron chi connectivity index (χ0n) is 15.3. The lowest BCUT2D eigenvalue weighted by atomic mass is 9.93. The Hall–Kier alpha value is -2.78. The Morgan fingerprint density at radius 3 is 2.57 bits per heavy atom. The van der Waals surface area contributed by atoms with Crippen LogP contribution < -0.4 is 0 Å². The molecule has 0 radical (unpaired) electrons. The Labute approximate surface area is 165 Å². The first kappa shape index (κ1) is 18.6. The third kappa shape index (κ3) is 3.38. The lowest BCUT2D eigenvalue weighted by Gasteiger charge is -2.19. The molecule has 2 aromatic heterocycles. The normalized spacial score (nSPS) is 22.8. The number of carboxylic acid groups (broad SMARTS) is 2. The number of hydrogen-bond donors (Lipinski definition) is 2. The average molecular weight is 400 g/mol. The quantitative estimate of drug-likeness (QED) is 0.635. The van der Waals surface area contributed by atoms with Crippen LogP contribution in [-0.4, -0.2) is 60.6 Å². The number of hydrogen-bond acceptors (Lipinski definition) is 6. The first-order valence-electron chi connectivity index (χ1n) is 9.00. The molecule has 2 bridgehead atoms. The van der Waals surface area contributed by atoms with Crippen LogP contribution in [-0.2, 0) is 16.6 Å². The van der Waals surface area contributed by atoms with E-state index in [4.69, 9.17) is 24.8 Å². The maximum atomic E-state index is 9.10. The molecule has 146 valence electrons. The standard InChI is InChI=1S/C17H18N4S.C2H2O4/c1-20-9-14(12-4-2-3-5-15(12)20)16-18-17(22-19-16)13-10-21-7-6-11(13)8-21;3-1(4)2(5)6/h2-5,9,11,13H,6-8,10H2,1H3;(H,3,4)(H,5,6). The summed E-state index contributed by atoms with van der Waals surface area (Å²) in [5.74, 6) is -1.34. The summed E-state index contributed by atoms with van der Waals surface area (Å²) in [6, 6.07) is 8.47. The van der Waals surface area contributed by atoms with Crippen molar-refractivity contribution in [2.75, 3.05) is 19.6 Å². The predicted molar refractivity (Wildman–Crippen MR) is 104 cm³/mol. The Bertz CT molecular complexity index is 1030. The molecule has 1 aromatic carbocycles. The molecule has 8 nitrogen and oxygen atoms in total. The van der Waals surface area contributed by atoms with E-state index in [1.807, 2.05) is 0 Å². The van der Waals surface area contributed by atoms with Crippen molar-refractivity contribution in [3.05, 3.63) is 35.5 Å². The van der Waals surface area contributed by atoms with Crippen molar-refractivity contribution in [3.8, 4) is 11.4 Å². The number of aliphatic carboxylic acids is 2. The molecule has 4 heterocycles. The van der Waals surface area contributed by atoms with Crippen LogP contribution in [0.15, 0.2) is 30.5 Å². The molecule has 0 amide bonds. The molecular formula is C19H20N4O4S. The Balaban J connectivity index is 0.000000283. The smallest absolute Gasteiger partial charge is 0.414 e. The van der Waals surface area contributed by atoms with Crippen molar-refractivity contribution >= 4 is 34.4 Å². The average Bonchev–Trinajstić information content (AvgIpc) is 3.46. The molecule has 2 saturated heterocycles. The van der Waals surface area contributed by atoms with E-state index in [0.717, 1.165) is 17.3 Å². The van der Waals surface area contributed by atoms with Crippen LogP contribution in [0.1, 0.15) is 17.3 Å². The Kier molecular flexibility index (Phi) is 4.86. The summed E-state index contributed by atoms with van der Waals surface area (Å²) in [6.07, 6.45) is 3.48. The third-order valence-corrected chi connectivity index (χ3v) is 6.26. The van der Waals surface area contributed by atoms with E-state index < -0.39 is 11.9 Å². The van der Waals surface area contributed by atoms with E-state index in [1.54, 1.807) is 11.5 Å². The molecular weight excluding hydrogens is 380 g/mol. The van der Waals surface area contributed by atoms with Gasteiger partial charge in [-0.1, -0.05) is 18.2 Å². The highest BCUT2D eigenvalue weighted by molar-refractivity contribution is 7.05. The van der Waals surface area contributed by atoms with Crippen LogP contribution in [0, 0.1) is 5.92 Å². The summed E-state index contributed by atoms with van der Waals surface area (Å²) in [4.78, 5) is 25.7. The van der Waals surface area contributed by atoms with Crippen LogP contribution in [0.25, 0.3) is 22.3 Å². The molecule has 0 spiro atoms. The lowest BCUT2D eigenvalue weighted by molar-refractivity contribution is -0.159. The van der Waals surface area contributed by atoms with Crippen molar-refractivity contribution in [1.29, 1.82) is 0 Å². The first-order chi connectivity index (χ1) is 13.4. The minimum absolute atomic E-state index is 0.606. The van der Waals surface area contributed by atoms with E-state index in [1.165, 1.54) is 42.0 Å². The first-order valence-corrected chi connectivity index (χ1v) is 9.78. The molecule has 2 aliphatic rings. The zero-order chi connectivity index (χ0) is 19.8. The second-order valence-corrected chi connectivity index (χ2v) is 7.94. The molecule has 28 heavy (non-hydrogen) atoms. The molecule has 2 fully saturated rings. The monoisotopic (exact) mass is 400 g/mol. The predicted octanol–water partition coefficient (Wildman–Crippen LogP) is 2.27. The molecule has 3 aromatic rings. The van der Waals surface area contributed by atoms with E-state index in [9.17, 15) is 0 Å². The minimum atomic E-state index is -1.82. The van der Waals surface area contributed by atoms with Crippen molar-refractivity contribution in [2.24, 2.45) is 13.0 Å². The van der Waals surface area contributed by atoms with Crippen molar-refractivity contribution in [2.45, 2.75) is 12.3 Å². The Morgan fingerprint density at radius 1 is 1.18 bits per heavy atom. The van der Waals surface area contributed by atoms with Gasteiger partial charge in [-0.2, -0.15) is 4.37 Å². The minimum Gasteiger partial charge on any atom is -0.473 e. The van der Waals surface area contributed by atoms with Crippen molar-refractivity contribution < 1.29 is 19.8 Å². The van der Waals surface area contributed by atoms with Crippen LogP contribution in [0.4, 0.5) is 0 Å². The fourth-order valence-electron chi connectivity index (χ4n) is 4.08. The number of carboxylic acids is 2. The second kappa shape index (κ2) is 7.33. The number of rotatable bonds is 2. The number of aromatic nitrogens is 3. The van der Waals surface area contributed by atoms with Gasteiger partial charge in [-0.25, -0.2) is 14.6 Å².